The molecule has 0 N–H and O–H groups in total. The van der Waals surface area contributed by atoms with Crippen molar-refractivity contribution in [3.05, 3.63) is 40.6 Å². The van der Waals surface area contributed by atoms with E-state index in [2.05, 4.69) is 14.4 Å². The second-order valence-electron chi connectivity index (χ2n) is 3.70. The van der Waals surface area contributed by atoms with E-state index < -0.39 is 9.92 Å². The monoisotopic (exact) mass is 270 g/mol. The van der Waals surface area contributed by atoms with Crippen molar-refractivity contribution in [3.8, 4) is 0 Å². The molecule has 0 bridgehead atoms. The average Bonchev–Trinajstić information content (AvgIpc) is 2.64. The lowest BCUT2D eigenvalue weighted by Crippen LogP contribution is -2.24. The SMILES string of the molecule is [C-]#[N+]N=S1(=O)CCCN1Cc1ccc(Cl)nc1. The molecular formula is C10H11ClN4OS. The van der Waals surface area contributed by atoms with Gasteiger partial charge in [0.15, 0.2) is 14.4 Å². The van der Waals surface area contributed by atoms with Crippen LogP contribution in [0, 0.1) is 6.57 Å². The third kappa shape index (κ3) is 2.75. The molecule has 1 saturated heterocycles. The molecule has 0 spiro atoms. The second-order valence-corrected chi connectivity index (χ2v) is 6.39. The molecule has 1 aliphatic rings. The van der Waals surface area contributed by atoms with Gasteiger partial charge in [-0.05, 0) is 18.1 Å². The van der Waals surface area contributed by atoms with E-state index in [0.717, 1.165) is 12.0 Å². The van der Waals surface area contributed by atoms with Crippen molar-refractivity contribution >= 4 is 21.5 Å². The van der Waals surface area contributed by atoms with Crippen LogP contribution in [-0.2, 0) is 16.5 Å². The van der Waals surface area contributed by atoms with Crippen molar-refractivity contribution in [2.45, 2.75) is 13.0 Å². The van der Waals surface area contributed by atoms with Crippen LogP contribution in [0.15, 0.2) is 22.8 Å². The zero-order chi connectivity index (χ0) is 12.3. The van der Waals surface area contributed by atoms with Crippen molar-refractivity contribution in [2.24, 2.45) is 4.47 Å². The predicted octanol–water partition coefficient (Wildman–Crippen LogP) is 2.16. The maximum atomic E-state index is 12.3. The van der Waals surface area contributed by atoms with Crippen molar-refractivity contribution in [1.82, 2.24) is 9.29 Å². The summed E-state index contributed by atoms with van der Waals surface area (Å²) in [6.07, 6.45) is 2.46. The molecule has 1 aliphatic heterocycles. The van der Waals surface area contributed by atoms with Crippen LogP contribution in [-0.4, -0.2) is 25.8 Å². The van der Waals surface area contributed by atoms with Gasteiger partial charge < -0.3 is 0 Å². The first-order valence-corrected chi connectivity index (χ1v) is 7.12. The highest BCUT2D eigenvalue weighted by molar-refractivity contribution is 7.91. The minimum absolute atomic E-state index is 0.432. The van der Waals surface area contributed by atoms with E-state index in [-0.39, 0.29) is 0 Å². The number of pyridine rings is 1. The number of halogens is 1. The summed E-state index contributed by atoms with van der Waals surface area (Å²) in [5, 5.41) is 0.432. The van der Waals surface area contributed by atoms with Crippen molar-refractivity contribution in [2.75, 3.05) is 12.3 Å². The molecule has 2 heterocycles. The van der Waals surface area contributed by atoms with E-state index in [4.69, 9.17) is 18.2 Å². The van der Waals surface area contributed by atoms with E-state index in [9.17, 15) is 4.21 Å². The van der Waals surface area contributed by atoms with Gasteiger partial charge in [0, 0.05) is 19.3 Å². The zero-order valence-electron chi connectivity index (χ0n) is 9.04. The number of aromatic nitrogens is 1. The standard InChI is InChI=1S/C10H11ClN4OS/c1-12-14-17(16)6-2-5-15(17)8-9-3-4-10(11)13-7-9/h3-4,7H,2,5-6,8H2. The second kappa shape index (κ2) is 5.00. The summed E-state index contributed by atoms with van der Waals surface area (Å²) < 4.78 is 17.6. The minimum atomic E-state index is -2.51. The first-order chi connectivity index (χ1) is 8.14. The Hall–Kier alpha value is -1.16. The molecule has 0 amide bonds. The summed E-state index contributed by atoms with van der Waals surface area (Å²) in [7, 11) is -2.51. The molecule has 17 heavy (non-hydrogen) atoms. The van der Waals surface area contributed by atoms with E-state index in [1.165, 1.54) is 0 Å². The van der Waals surface area contributed by atoms with Crippen LogP contribution in [0.3, 0.4) is 0 Å². The van der Waals surface area contributed by atoms with Gasteiger partial charge in [-0.15, -0.1) is 4.95 Å². The van der Waals surface area contributed by atoms with Gasteiger partial charge in [0.1, 0.15) is 5.15 Å². The molecule has 0 aromatic carbocycles. The van der Waals surface area contributed by atoms with Crippen LogP contribution < -0.4 is 0 Å². The molecule has 0 saturated carbocycles. The lowest BCUT2D eigenvalue weighted by Gasteiger charge is -2.14. The van der Waals surface area contributed by atoms with Gasteiger partial charge >= 0.3 is 0 Å². The lowest BCUT2D eigenvalue weighted by molar-refractivity contribution is 0.465. The van der Waals surface area contributed by atoms with E-state index in [0.29, 0.717) is 24.0 Å². The molecule has 7 heteroatoms. The van der Waals surface area contributed by atoms with Crippen LogP contribution in [0.25, 0.3) is 4.95 Å². The Balaban J connectivity index is 2.20. The Kier molecular flexibility index (Phi) is 3.62. The van der Waals surface area contributed by atoms with Gasteiger partial charge in [0.05, 0.1) is 5.75 Å². The molecule has 90 valence electrons. The molecule has 2 rings (SSSR count). The molecule has 0 aliphatic carbocycles. The van der Waals surface area contributed by atoms with Crippen LogP contribution in [0.1, 0.15) is 12.0 Å². The summed E-state index contributed by atoms with van der Waals surface area (Å²) in [6.45, 7) is 7.90. The number of nitrogens with zero attached hydrogens (tertiary/aromatic N) is 4. The van der Waals surface area contributed by atoms with Gasteiger partial charge in [0.25, 0.3) is 0 Å². The van der Waals surface area contributed by atoms with Gasteiger partial charge in [-0.25, -0.2) is 13.5 Å². The molecular weight excluding hydrogens is 260 g/mol. The fourth-order valence-corrected chi connectivity index (χ4v) is 3.69. The van der Waals surface area contributed by atoms with Gasteiger partial charge in [0.2, 0.25) is 0 Å². The fraction of sp³-hybridized carbons (Fsp3) is 0.400. The first kappa shape index (κ1) is 12.3. The van der Waals surface area contributed by atoms with Crippen LogP contribution in [0.2, 0.25) is 5.15 Å². The topological polar surface area (TPSA) is 49.9 Å². The van der Waals surface area contributed by atoms with Crippen LogP contribution in [0.5, 0.6) is 0 Å². The van der Waals surface area contributed by atoms with Crippen molar-refractivity contribution in [3.63, 3.8) is 0 Å². The fourth-order valence-electron chi connectivity index (χ4n) is 1.74. The molecule has 1 aromatic heterocycles. The molecule has 1 atom stereocenters. The van der Waals surface area contributed by atoms with E-state index in [1.54, 1.807) is 16.6 Å². The van der Waals surface area contributed by atoms with E-state index in [1.807, 2.05) is 6.07 Å². The summed E-state index contributed by atoms with van der Waals surface area (Å²) in [5.41, 5.74) is 0.921. The van der Waals surface area contributed by atoms with Gasteiger partial charge in [-0.2, -0.15) is 6.57 Å². The lowest BCUT2D eigenvalue weighted by atomic mass is 10.3. The molecule has 1 unspecified atom stereocenters. The van der Waals surface area contributed by atoms with Crippen LogP contribution in [0.4, 0.5) is 0 Å². The Morgan fingerprint density at radius 2 is 2.47 bits per heavy atom. The zero-order valence-corrected chi connectivity index (χ0v) is 10.6. The molecule has 5 nitrogen and oxygen atoms in total. The Morgan fingerprint density at radius 1 is 1.65 bits per heavy atom. The predicted molar refractivity (Wildman–Crippen MR) is 66.3 cm³/mol. The Bertz CT molecular complexity index is 557. The highest BCUT2D eigenvalue weighted by atomic mass is 35.5. The number of rotatable bonds is 2. The van der Waals surface area contributed by atoms with Gasteiger partial charge in [-0.1, -0.05) is 17.7 Å². The molecule has 1 aromatic rings. The molecule has 0 radical (unpaired) electrons. The summed E-state index contributed by atoms with van der Waals surface area (Å²) >= 11 is 5.69. The Labute approximate surface area is 106 Å². The number of hydrogen-bond acceptors (Lipinski definition) is 3. The maximum Gasteiger partial charge on any atom is 0.187 e. The first-order valence-electron chi connectivity index (χ1n) is 5.10. The van der Waals surface area contributed by atoms with Gasteiger partial charge in [-0.3, -0.25) is 0 Å². The number of hydrogen-bond donors (Lipinski definition) is 0. The quantitative estimate of drug-likeness (QED) is 0.470. The maximum absolute atomic E-state index is 12.3. The normalized spacial score (nSPS) is 24.5. The third-order valence-corrected chi connectivity index (χ3v) is 5.04. The largest absolute Gasteiger partial charge is 0.244 e. The summed E-state index contributed by atoms with van der Waals surface area (Å²) in [5.74, 6) is 0.469. The highest BCUT2D eigenvalue weighted by Crippen LogP contribution is 2.20. The Morgan fingerprint density at radius 3 is 3.12 bits per heavy atom. The highest BCUT2D eigenvalue weighted by Gasteiger charge is 2.29. The summed E-state index contributed by atoms with van der Waals surface area (Å²) in [4.78, 5) is 6.89. The third-order valence-electron chi connectivity index (χ3n) is 2.54. The van der Waals surface area contributed by atoms with Crippen LogP contribution >= 0.6 is 11.6 Å². The molecule has 1 fully saturated rings. The minimum Gasteiger partial charge on any atom is -0.244 e. The van der Waals surface area contributed by atoms with Crippen molar-refractivity contribution < 1.29 is 4.21 Å². The van der Waals surface area contributed by atoms with E-state index >= 15 is 0 Å². The summed E-state index contributed by atoms with van der Waals surface area (Å²) in [6, 6.07) is 3.53. The average molecular weight is 271 g/mol. The smallest absolute Gasteiger partial charge is 0.187 e. The van der Waals surface area contributed by atoms with Crippen molar-refractivity contribution in [1.29, 1.82) is 0 Å².